The normalized spacial score (nSPS) is 19.1. The van der Waals surface area contributed by atoms with Gasteiger partial charge in [-0.15, -0.1) is 0 Å². The zero-order valence-electron chi connectivity index (χ0n) is 20.1. The van der Waals surface area contributed by atoms with Crippen LogP contribution in [0.3, 0.4) is 0 Å². The molecule has 8 heteroatoms. The molecule has 0 amide bonds. The van der Waals surface area contributed by atoms with E-state index in [4.69, 9.17) is 9.57 Å². The molecule has 2 aromatic carbocycles. The van der Waals surface area contributed by atoms with Crippen LogP contribution in [0.1, 0.15) is 47.7 Å². The first kappa shape index (κ1) is 23.1. The van der Waals surface area contributed by atoms with Gasteiger partial charge in [0.1, 0.15) is 24.0 Å². The molecule has 0 saturated carbocycles. The number of aryl methyl sites for hydroxylation is 1. The summed E-state index contributed by atoms with van der Waals surface area (Å²) >= 11 is 0. The third-order valence-electron chi connectivity index (χ3n) is 6.64. The maximum Gasteiger partial charge on any atom is 0.172 e. The van der Waals surface area contributed by atoms with E-state index in [1.165, 1.54) is 19.1 Å². The number of aromatic nitrogens is 2. The number of amidine groups is 1. The molecular formula is C27H28F2N4O2. The second-order valence-corrected chi connectivity index (χ2v) is 9.01. The standard InChI is InChI=1S/C27H28F2N4O2/c1-17-14-32(16-30-17)24-8-7-19(11-26(24)34-3)10-20-6-4-5-9-33-25(15-35-31-27(20)33)21-12-22(28)18(2)23(29)13-21/h7-8,10-14,16,25H,4-6,9,15H2,1-3H3/b20-10+/t25-/m1/s1. The smallest absolute Gasteiger partial charge is 0.172 e. The monoisotopic (exact) mass is 478 g/mol. The fourth-order valence-corrected chi connectivity index (χ4v) is 4.69. The van der Waals surface area contributed by atoms with Gasteiger partial charge in [0.25, 0.3) is 0 Å². The molecule has 0 N–H and O–H groups in total. The first-order chi connectivity index (χ1) is 16.9. The van der Waals surface area contributed by atoms with Crippen LogP contribution in [0.25, 0.3) is 11.8 Å². The van der Waals surface area contributed by atoms with Crippen molar-refractivity contribution in [3.63, 3.8) is 0 Å². The fourth-order valence-electron chi connectivity index (χ4n) is 4.69. The Morgan fingerprint density at radius 3 is 2.63 bits per heavy atom. The molecule has 5 rings (SSSR count). The van der Waals surface area contributed by atoms with Gasteiger partial charge in [-0.25, -0.2) is 13.8 Å². The number of imidazole rings is 1. The Morgan fingerprint density at radius 2 is 1.91 bits per heavy atom. The van der Waals surface area contributed by atoms with Crippen LogP contribution in [0.15, 0.2) is 53.6 Å². The van der Waals surface area contributed by atoms with E-state index in [1.807, 2.05) is 35.9 Å². The van der Waals surface area contributed by atoms with E-state index in [-0.39, 0.29) is 18.2 Å². The summed E-state index contributed by atoms with van der Waals surface area (Å²) in [5.41, 5.74) is 4.40. The molecule has 1 aromatic heterocycles. The van der Waals surface area contributed by atoms with Gasteiger partial charge in [-0.05, 0) is 80.2 Å². The van der Waals surface area contributed by atoms with E-state index in [9.17, 15) is 8.78 Å². The van der Waals surface area contributed by atoms with Gasteiger partial charge in [0.2, 0.25) is 0 Å². The first-order valence-corrected chi connectivity index (χ1v) is 11.8. The van der Waals surface area contributed by atoms with Gasteiger partial charge in [-0.1, -0.05) is 11.2 Å². The highest BCUT2D eigenvalue weighted by molar-refractivity contribution is 6.02. The molecule has 0 spiro atoms. The number of nitrogens with zero attached hydrogens (tertiary/aromatic N) is 4. The van der Waals surface area contributed by atoms with Gasteiger partial charge in [-0.2, -0.15) is 0 Å². The highest BCUT2D eigenvalue weighted by atomic mass is 19.1. The molecule has 6 nitrogen and oxygen atoms in total. The Kier molecular flexibility index (Phi) is 6.28. The van der Waals surface area contributed by atoms with Crippen LogP contribution in [-0.4, -0.2) is 40.5 Å². The van der Waals surface area contributed by atoms with E-state index >= 15 is 0 Å². The van der Waals surface area contributed by atoms with Crippen molar-refractivity contribution < 1.29 is 18.4 Å². The van der Waals surface area contributed by atoms with Crippen LogP contribution >= 0.6 is 0 Å². The summed E-state index contributed by atoms with van der Waals surface area (Å²) in [5.74, 6) is 0.353. The number of benzene rings is 2. The number of hydrogen-bond donors (Lipinski definition) is 0. The maximum absolute atomic E-state index is 14.3. The molecule has 35 heavy (non-hydrogen) atoms. The molecule has 1 fully saturated rings. The molecule has 182 valence electrons. The van der Waals surface area contributed by atoms with E-state index in [0.717, 1.165) is 54.1 Å². The average molecular weight is 479 g/mol. The maximum atomic E-state index is 14.3. The topological polar surface area (TPSA) is 51.9 Å². The third kappa shape index (κ3) is 4.52. The first-order valence-electron chi connectivity index (χ1n) is 11.8. The largest absolute Gasteiger partial charge is 0.495 e. The summed E-state index contributed by atoms with van der Waals surface area (Å²) in [6.07, 6.45) is 8.56. The average Bonchev–Trinajstić information content (AvgIpc) is 3.19. The molecular weight excluding hydrogens is 450 g/mol. The molecule has 0 radical (unpaired) electrons. The molecule has 0 bridgehead atoms. The second kappa shape index (κ2) is 9.52. The lowest BCUT2D eigenvalue weighted by Crippen LogP contribution is -2.40. The van der Waals surface area contributed by atoms with Gasteiger partial charge in [-0.3, -0.25) is 0 Å². The van der Waals surface area contributed by atoms with Crippen LogP contribution < -0.4 is 4.74 Å². The van der Waals surface area contributed by atoms with Crippen LogP contribution in [-0.2, 0) is 4.84 Å². The molecule has 2 aliphatic heterocycles. The fraction of sp³-hybridized carbons (Fsp3) is 0.333. The van der Waals surface area contributed by atoms with Crippen LogP contribution in [0.2, 0.25) is 0 Å². The molecule has 1 atom stereocenters. The molecule has 3 aromatic rings. The van der Waals surface area contributed by atoms with Crippen LogP contribution in [0, 0.1) is 25.5 Å². The van der Waals surface area contributed by atoms with Gasteiger partial charge in [0.15, 0.2) is 5.84 Å². The Hall–Kier alpha value is -3.68. The highest BCUT2D eigenvalue weighted by Gasteiger charge is 2.32. The highest BCUT2D eigenvalue weighted by Crippen LogP contribution is 2.34. The molecule has 2 aliphatic rings. The number of oxime groups is 1. The van der Waals surface area contributed by atoms with E-state index in [2.05, 4.69) is 21.1 Å². The van der Waals surface area contributed by atoms with Crippen molar-refractivity contribution in [3.05, 3.63) is 82.4 Å². The van der Waals surface area contributed by atoms with Crippen molar-refractivity contribution in [2.45, 2.75) is 39.2 Å². The predicted molar refractivity (Wildman–Crippen MR) is 131 cm³/mol. The minimum Gasteiger partial charge on any atom is -0.495 e. The van der Waals surface area contributed by atoms with Crippen molar-refractivity contribution in [3.8, 4) is 11.4 Å². The Labute approximate surface area is 203 Å². The zero-order valence-corrected chi connectivity index (χ0v) is 20.1. The van der Waals surface area contributed by atoms with E-state index in [0.29, 0.717) is 11.4 Å². The molecule has 0 aliphatic carbocycles. The third-order valence-corrected chi connectivity index (χ3v) is 6.64. The van der Waals surface area contributed by atoms with Crippen molar-refractivity contribution in [1.82, 2.24) is 14.5 Å². The number of fused-ring (bicyclic) bond motifs is 1. The summed E-state index contributed by atoms with van der Waals surface area (Å²) < 4.78 is 36.3. The number of halogens is 2. The lowest BCUT2D eigenvalue weighted by molar-refractivity contribution is 0.0612. The number of methoxy groups -OCH3 is 1. The zero-order chi connectivity index (χ0) is 24.5. The van der Waals surface area contributed by atoms with Gasteiger partial charge < -0.3 is 19.0 Å². The Bertz CT molecular complexity index is 1290. The lowest BCUT2D eigenvalue weighted by Gasteiger charge is -2.36. The number of hydrogen-bond acceptors (Lipinski definition) is 5. The van der Waals surface area contributed by atoms with Crippen molar-refractivity contribution in [2.75, 3.05) is 20.3 Å². The summed E-state index contributed by atoms with van der Waals surface area (Å²) in [4.78, 5) is 12.0. The van der Waals surface area contributed by atoms with Crippen molar-refractivity contribution in [2.24, 2.45) is 5.16 Å². The summed E-state index contributed by atoms with van der Waals surface area (Å²) in [6.45, 7) is 4.37. The minimum atomic E-state index is -0.546. The van der Waals surface area contributed by atoms with E-state index < -0.39 is 11.6 Å². The van der Waals surface area contributed by atoms with Gasteiger partial charge >= 0.3 is 0 Å². The summed E-state index contributed by atoms with van der Waals surface area (Å²) in [7, 11) is 1.65. The molecule has 0 unspecified atom stereocenters. The number of rotatable bonds is 4. The summed E-state index contributed by atoms with van der Waals surface area (Å²) in [6, 6.07) is 8.52. The van der Waals surface area contributed by atoms with Crippen molar-refractivity contribution in [1.29, 1.82) is 0 Å². The summed E-state index contributed by atoms with van der Waals surface area (Å²) in [5, 5.41) is 4.38. The van der Waals surface area contributed by atoms with Crippen LogP contribution in [0.5, 0.6) is 5.75 Å². The quantitative estimate of drug-likeness (QED) is 0.481. The Morgan fingerprint density at radius 1 is 1.11 bits per heavy atom. The van der Waals surface area contributed by atoms with E-state index in [1.54, 1.807) is 13.4 Å². The second-order valence-electron chi connectivity index (χ2n) is 9.01. The van der Waals surface area contributed by atoms with Gasteiger partial charge in [0.05, 0.1) is 30.9 Å². The Balaban J connectivity index is 1.49. The van der Waals surface area contributed by atoms with Gasteiger partial charge in [0, 0.05) is 18.3 Å². The SMILES string of the molecule is COc1cc(/C=C2\CCCCN3C2=NOC[C@@H]3c2cc(F)c(C)c(F)c2)ccc1-n1cnc(C)c1. The predicted octanol–water partition coefficient (Wildman–Crippen LogP) is 5.73. The van der Waals surface area contributed by atoms with Crippen molar-refractivity contribution >= 4 is 11.9 Å². The minimum absolute atomic E-state index is 0.0269. The lowest BCUT2D eigenvalue weighted by atomic mass is 10.0. The molecule has 3 heterocycles. The number of ether oxygens (including phenoxy) is 1. The van der Waals surface area contributed by atoms with Crippen LogP contribution in [0.4, 0.5) is 8.78 Å². The molecule has 1 saturated heterocycles.